The third-order valence-electron chi connectivity index (χ3n) is 4.99. The van der Waals surface area contributed by atoms with Crippen molar-refractivity contribution < 1.29 is 0 Å². The molecule has 21 heavy (non-hydrogen) atoms. The van der Waals surface area contributed by atoms with Gasteiger partial charge in [0.2, 0.25) is 5.95 Å². The minimum Gasteiger partial charge on any atom is -0.339 e. The predicted octanol–water partition coefficient (Wildman–Crippen LogP) is 2.43. The van der Waals surface area contributed by atoms with Gasteiger partial charge in [-0.1, -0.05) is 20.8 Å². The highest BCUT2D eigenvalue weighted by Crippen LogP contribution is 2.36. The molecule has 0 amide bonds. The summed E-state index contributed by atoms with van der Waals surface area (Å²) in [5.41, 5.74) is 3.04. The average molecular weight is 288 g/mol. The number of fused-ring (bicyclic) bond motifs is 1. The Labute approximate surface area is 128 Å². The Kier molecular flexibility index (Phi) is 4.16. The minimum atomic E-state index is 0.382. The molecule has 4 nitrogen and oxygen atoms in total. The number of anilines is 1. The molecule has 0 aromatic carbocycles. The van der Waals surface area contributed by atoms with Gasteiger partial charge in [0.25, 0.3) is 0 Å². The molecule has 1 aromatic heterocycles. The molecule has 1 saturated heterocycles. The van der Waals surface area contributed by atoms with Crippen LogP contribution in [0.15, 0.2) is 6.20 Å². The molecule has 3 rings (SSSR count). The zero-order chi connectivity index (χ0) is 14.9. The summed E-state index contributed by atoms with van der Waals surface area (Å²) in [5.74, 6) is 1.69. The number of hydrogen-bond acceptors (Lipinski definition) is 4. The molecule has 4 heteroatoms. The molecule has 1 aliphatic carbocycles. The van der Waals surface area contributed by atoms with E-state index in [0.29, 0.717) is 5.41 Å². The molecule has 0 spiro atoms. The van der Waals surface area contributed by atoms with Gasteiger partial charge in [-0.05, 0) is 49.1 Å². The second-order valence-electron chi connectivity index (χ2n) is 7.54. The van der Waals surface area contributed by atoms with Crippen LogP contribution in [-0.4, -0.2) is 36.1 Å². The van der Waals surface area contributed by atoms with Gasteiger partial charge in [-0.2, -0.15) is 0 Å². The van der Waals surface area contributed by atoms with Gasteiger partial charge in [-0.15, -0.1) is 0 Å². The van der Waals surface area contributed by atoms with E-state index in [0.717, 1.165) is 50.9 Å². The van der Waals surface area contributed by atoms with Crippen LogP contribution in [0.2, 0.25) is 0 Å². The lowest BCUT2D eigenvalue weighted by Crippen LogP contribution is -2.31. The van der Waals surface area contributed by atoms with E-state index in [1.165, 1.54) is 24.1 Å². The zero-order valence-electron chi connectivity index (χ0n) is 13.7. The minimum absolute atomic E-state index is 0.382. The van der Waals surface area contributed by atoms with Gasteiger partial charge in [-0.3, -0.25) is 0 Å². The summed E-state index contributed by atoms with van der Waals surface area (Å²) in [5, 5.41) is 3.43. The fourth-order valence-electron chi connectivity index (χ4n) is 3.43. The number of aromatic nitrogens is 2. The van der Waals surface area contributed by atoms with Crippen molar-refractivity contribution in [1.82, 2.24) is 15.3 Å². The van der Waals surface area contributed by atoms with Gasteiger partial charge in [0, 0.05) is 31.5 Å². The molecule has 1 atom stereocenters. The van der Waals surface area contributed by atoms with Gasteiger partial charge >= 0.3 is 0 Å². The van der Waals surface area contributed by atoms with E-state index in [1.54, 1.807) is 0 Å². The summed E-state index contributed by atoms with van der Waals surface area (Å²) in [6, 6.07) is 0. The van der Waals surface area contributed by atoms with Crippen molar-refractivity contribution >= 4 is 5.95 Å². The summed E-state index contributed by atoms with van der Waals surface area (Å²) in [6.07, 6.45) is 6.77. The van der Waals surface area contributed by atoms with Crippen LogP contribution < -0.4 is 10.2 Å². The van der Waals surface area contributed by atoms with Gasteiger partial charge in [0.1, 0.15) is 0 Å². The van der Waals surface area contributed by atoms with E-state index in [-0.39, 0.29) is 0 Å². The third-order valence-corrected chi connectivity index (χ3v) is 4.99. The quantitative estimate of drug-likeness (QED) is 0.862. The van der Waals surface area contributed by atoms with Crippen molar-refractivity contribution in [3.63, 3.8) is 0 Å². The highest BCUT2D eigenvalue weighted by molar-refractivity contribution is 5.35. The molecule has 1 aliphatic heterocycles. The Bertz CT molecular complexity index is 484. The van der Waals surface area contributed by atoms with Crippen LogP contribution in [0.5, 0.6) is 0 Å². The molecule has 0 bridgehead atoms. The van der Waals surface area contributed by atoms with E-state index >= 15 is 0 Å². The average Bonchev–Trinajstić information content (AvgIpc) is 2.74. The monoisotopic (exact) mass is 288 g/mol. The van der Waals surface area contributed by atoms with E-state index < -0.39 is 0 Å². The third kappa shape index (κ3) is 3.37. The Balaban J connectivity index is 1.77. The number of rotatable bonds is 1. The SMILES string of the molecule is CC(C)(C)C1CCc2nc(N3CCCNCC3)ncc2C1. The van der Waals surface area contributed by atoms with E-state index in [1.807, 2.05) is 0 Å². The van der Waals surface area contributed by atoms with Crippen LogP contribution in [0.1, 0.15) is 44.9 Å². The van der Waals surface area contributed by atoms with E-state index in [9.17, 15) is 0 Å². The maximum atomic E-state index is 4.88. The van der Waals surface area contributed by atoms with Crippen molar-refractivity contribution in [2.45, 2.75) is 46.5 Å². The second kappa shape index (κ2) is 5.91. The molecule has 2 heterocycles. The van der Waals surface area contributed by atoms with Crippen molar-refractivity contribution in [3.05, 3.63) is 17.5 Å². The summed E-state index contributed by atoms with van der Waals surface area (Å²) < 4.78 is 0. The fourth-order valence-corrected chi connectivity index (χ4v) is 3.43. The first-order chi connectivity index (χ1) is 10.0. The van der Waals surface area contributed by atoms with E-state index in [4.69, 9.17) is 4.98 Å². The van der Waals surface area contributed by atoms with Gasteiger partial charge in [0.15, 0.2) is 0 Å². The predicted molar refractivity (Wildman–Crippen MR) is 86.7 cm³/mol. The fraction of sp³-hybridized carbons (Fsp3) is 0.765. The van der Waals surface area contributed by atoms with Crippen molar-refractivity contribution in [1.29, 1.82) is 0 Å². The molecule has 2 aliphatic rings. The molecule has 1 unspecified atom stereocenters. The molecule has 0 radical (unpaired) electrons. The smallest absolute Gasteiger partial charge is 0.225 e. The summed E-state index contributed by atoms with van der Waals surface area (Å²) in [6.45, 7) is 11.3. The molecular weight excluding hydrogens is 260 g/mol. The lowest BCUT2D eigenvalue weighted by Gasteiger charge is -2.34. The van der Waals surface area contributed by atoms with Gasteiger partial charge < -0.3 is 10.2 Å². The largest absolute Gasteiger partial charge is 0.339 e. The maximum absolute atomic E-state index is 4.88. The number of nitrogens with one attached hydrogen (secondary N) is 1. The highest BCUT2D eigenvalue weighted by atomic mass is 15.3. The number of hydrogen-bond donors (Lipinski definition) is 1. The summed E-state index contributed by atoms with van der Waals surface area (Å²) in [4.78, 5) is 11.9. The topological polar surface area (TPSA) is 41.1 Å². The standard InChI is InChI=1S/C17H28N4/c1-17(2,3)14-5-6-15-13(11-14)12-19-16(20-15)21-9-4-7-18-8-10-21/h12,14,18H,4-11H2,1-3H3. The first kappa shape index (κ1) is 14.8. The van der Waals surface area contributed by atoms with Crippen LogP contribution in [0, 0.1) is 11.3 Å². The Morgan fingerprint density at radius 1 is 1.24 bits per heavy atom. The number of nitrogens with zero attached hydrogens (tertiary/aromatic N) is 3. The highest BCUT2D eigenvalue weighted by Gasteiger charge is 2.29. The van der Waals surface area contributed by atoms with E-state index in [2.05, 4.69) is 42.2 Å². The van der Waals surface area contributed by atoms with Crippen molar-refractivity contribution in [2.24, 2.45) is 11.3 Å². The molecule has 1 N–H and O–H groups in total. The van der Waals surface area contributed by atoms with Gasteiger partial charge in [0.05, 0.1) is 0 Å². The first-order valence-electron chi connectivity index (χ1n) is 8.34. The van der Waals surface area contributed by atoms with Crippen LogP contribution in [-0.2, 0) is 12.8 Å². The second-order valence-corrected chi connectivity index (χ2v) is 7.54. The molecule has 1 aromatic rings. The maximum Gasteiger partial charge on any atom is 0.225 e. The molecule has 116 valence electrons. The van der Waals surface area contributed by atoms with Gasteiger partial charge in [-0.25, -0.2) is 9.97 Å². The summed E-state index contributed by atoms with van der Waals surface area (Å²) in [7, 11) is 0. The molecule has 0 saturated carbocycles. The molecular formula is C17H28N4. The molecule has 1 fully saturated rings. The normalized spacial score (nSPS) is 23.6. The first-order valence-corrected chi connectivity index (χ1v) is 8.34. The Morgan fingerprint density at radius 2 is 2.10 bits per heavy atom. The van der Waals surface area contributed by atoms with Crippen LogP contribution >= 0.6 is 0 Å². The zero-order valence-corrected chi connectivity index (χ0v) is 13.7. The van der Waals surface area contributed by atoms with Crippen molar-refractivity contribution in [2.75, 3.05) is 31.1 Å². The van der Waals surface area contributed by atoms with Crippen LogP contribution in [0.4, 0.5) is 5.95 Å². The van der Waals surface area contributed by atoms with Crippen LogP contribution in [0.25, 0.3) is 0 Å². The lowest BCUT2D eigenvalue weighted by molar-refractivity contribution is 0.214. The summed E-state index contributed by atoms with van der Waals surface area (Å²) >= 11 is 0. The Morgan fingerprint density at radius 3 is 2.90 bits per heavy atom. The van der Waals surface area contributed by atoms with Crippen LogP contribution in [0.3, 0.4) is 0 Å². The number of aryl methyl sites for hydroxylation is 1. The lowest BCUT2D eigenvalue weighted by atomic mass is 9.72. The Hall–Kier alpha value is -1.16. The van der Waals surface area contributed by atoms with Crippen molar-refractivity contribution in [3.8, 4) is 0 Å².